The van der Waals surface area contributed by atoms with Crippen LogP contribution in [-0.4, -0.2) is 49.3 Å². The lowest BCUT2D eigenvalue weighted by atomic mass is 9.99. The lowest BCUT2D eigenvalue weighted by molar-refractivity contribution is -0.237. The maximum absolute atomic E-state index is 11.8. The summed E-state index contributed by atoms with van der Waals surface area (Å²) in [6, 6.07) is 0. The second kappa shape index (κ2) is 3.51. The summed E-state index contributed by atoms with van der Waals surface area (Å²) in [6.07, 6.45) is 0. The van der Waals surface area contributed by atoms with Crippen molar-refractivity contribution in [3.63, 3.8) is 0 Å². The van der Waals surface area contributed by atoms with Gasteiger partial charge in [0.15, 0.2) is 0 Å². The van der Waals surface area contributed by atoms with Crippen LogP contribution in [0, 0.1) is 5.92 Å². The minimum atomic E-state index is -0.178. The molecule has 2 fully saturated rings. The fraction of sp³-hybridized carbons (Fsp3) is 0.900. The van der Waals surface area contributed by atoms with E-state index in [2.05, 4.69) is 0 Å². The van der Waals surface area contributed by atoms with Gasteiger partial charge in [0.25, 0.3) is 0 Å². The zero-order valence-corrected chi connectivity index (χ0v) is 8.78. The van der Waals surface area contributed by atoms with Gasteiger partial charge in [-0.1, -0.05) is 13.8 Å². The lowest BCUT2D eigenvalue weighted by Crippen LogP contribution is -2.64. The molecule has 2 saturated heterocycles. The van der Waals surface area contributed by atoms with Crippen LogP contribution in [0.1, 0.15) is 13.8 Å². The molecule has 0 bridgehead atoms. The largest absolute Gasteiger partial charge is 0.375 e. The summed E-state index contributed by atoms with van der Waals surface area (Å²) in [5.74, 6) is 0.297. The van der Waals surface area contributed by atoms with E-state index in [4.69, 9.17) is 9.47 Å². The van der Waals surface area contributed by atoms with Crippen LogP contribution in [0.5, 0.6) is 0 Å². The Morgan fingerprint density at radius 2 is 2.14 bits per heavy atom. The quantitative estimate of drug-likeness (QED) is 0.608. The first kappa shape index (κ1) is 9.93. The van der Waals surface area contributed by atoms with Gasteiger partial charge in [0, 0.05) is 12.5 Å². The molecule has 0 unspecified atom stereocenters. The molecule has 2 aliphatic rings. The molecule has 0 aromatic heterocycles. The molecular formula is C10H17NO3. The van der Waals surface area contributed by atoms with Gasteiger partial charge in [-0.3, -0.25) is 4.79 Å². The summed E-state index contributed by atoms with van der Waals surface area (Å²) in [4.78, 5) is 13.7. The molecule has 2 aliphatic heterocycles. The molecule has 0 N–H and O–H groups in total. The van der Waals surface area contributed by atoms with Crippen molar-refractivity contribution in [3.8, 4) is 0 Å². The summed E-state index contributed by atoms with van der Waals surface area (Å²) >= 11 is 0. The summed E-state index contributed by atoms with van der Waals surface area (Å²) in [5, 5.41) is 0. The standard InChI is InChI=1S/C10H17NO3/c1-8(2)9(12)11-3-4-14-10(5-11)6-13-7-10/h8H,3-7H2,1-2H3. The fourth-order valence-corrected chi connectivity index (χ4v) is 1.90. The zero-order chi connectivity index (χ0) is 10.2. The Balaban J connectivity index is 1.97. The van der Waals surface area contributed by atoms with Crippen molar-refractivity contribution >= 4 is 5.91 Å². The molecule has 4 heteroatoms. The molecule has 0 aliphatic carbocycles. The summed E-state index contributed by atoms with van der Waals surface area (Å²) in [5.41, 5.74) is -0.178. The van der Waals surface area contributed by atoms with E-state index < -0.39 is 0 Å². The number of ether oxygens (including phenoxy) is 2. The average molecular weight is 199 g/mol. The van der Waals surface area contributed by atoms with Gasteiger partial charge in [-0.15, -0.1) is 0 Å². The van der Waals surface area contributed by atoms with E-state index in [9.17, 15) is 4.79 Å². The third-order valence-electron chi connectivity index (χ3n) is 2.78. The van der Waals surface area contributed by atoms with Gasteiger partial charge >= 0.3 is 0 Å². The van der Waals surface area contributed by atoms with Crippen molar-refractivity contribution in [2.24, 2.45) is 5.92 Å². The van der Waals surface area contributed by atoms with Crippen LogP contribution >= 0.6 is 0 Å². The van der Waals surface area contributed by atoms with Crippen molar-refractivity contribution < 1.29 is 14.3 Å². The Labute approximate surface area is 84.2 Å². The molecule has 2 heterocycles. The van der Waals surface area contributed by atoms with E-state index in [-0.39, 0.29) is 17.4 Å². The fourth-order valence-electron chi connectivity index (χ4n) is 1.90. The summed E-state index contributed by atoms with van der Waals surface area (Å²) in [6.45, 7) is 7.19. The van der Waals surface area contributed by atoms with E-state index >= 15 is 0 Å². The highest BCUT2D eigenvalue weighted by atomic mass is 16.6. The summed E-state index contributed by atoms with van der Waals surface area (Å²) < 4.78 is 10.8. The molecule has 1 spiro atoms. The molecular weight excluding hydrogens is 182 g/mol. The smallest absolute Gasteiger partial charge is 0.225 e. The molecule has 0 aromatic carbocycles. The van der Waals surface area contributed by atoms with Crippen LogP contribution in [0.2, 0.25) is 0 Å². The first-order valence-corrected chi connectivity index (χ1v) is 5.13. The predicted molar refractivity (Wildman–Crippen MR) is 50.9 cm³/mol. The van der Waals surface area contributed by atoms with Crippen molar-refractivity contribution in [1.82, 2.24) is 4.90 Å². The number of amides is 1. The first-order chi connectivity index (χ1) is 6.63. The first-order valence-electron chi connectivity index (χ1n) is 5.13. The van der Waals surface area contributed by atoms with Crippen LogP contribution in [0.4, 0.5) is 0 Å². The minimum Gasteiger partial charge on any atom is -0.375 e. The predicted octanol–water partition coefficient (Wildman–Crippen LogP) is 0.270. The van der Waals surface area contributed by atoms with Crippen LogP contribution < -0.4 is 0 Å². The Morgan fingerprint density at radius 3 is 2.64 bits per heavy atom. The van der Waals surface area contributed by atoms with Gasteiger partial charge in [0.05, 0.1) is 26.4 Å². The maximum Gasteiger partial charge on any atom is 0.225 e. The Bertz CT molecular complexity index is 236. The molecule has 1 amide bonds. The zero-order valence-electron chi connectivity index (χ0n) is 8.78. The topological polar surface area (TPSA) is 38.8 Å². The molecule has 2 rings (SSSR count). The second-order valence-corrected chi connectivity index (χ2v) is 4.44. The number of morpholine rings is 1. The molecule has 0 radical (unpaired) electrons. The van der Waals surface area contributed by atoms with Crippen molar-refractivity contribution in [2.45, 2.75) is 19.4 Å². The van der Waals surface area contributed by atoms with E-state index in [1.807, 2.05) is 18.7 Å². The highest BCUT2D eigenvalue weighted by molar-refractivity contribution is 5.78. The maximum atomic E-state index is 11.8. The monoisotopic (exact) mass is 199 g/mol. The minimum absolute atomic E-state index is 0.0751. The van der Waals surface area contributed by atoms with E-state index in [1.165, 1.54) is 0 Å². The number of hydrogen-bond acceptors (Lipinski definition) is 3. The Hall–Kier alpha value is -0.610. The van der Waals surface area contributed by atoms with Crippen molar-refractivity contribution in [3.05, 3.63) is 0 Å². The van der Waals surface area contributed by atoms with Crippen molar-refractivity contribution in [2.75, 3.05) is 32.9 Å². The van der Waals surface area contributed by atoms with Gasteiger partial charge in [-0.2, -0.15) is 0 Å². The SMILES string of the molecule is CC(C)C(=O)N1CCOC2(COC2)C1. The van der Waals surface area contributed by atoms with Gasteiger partial charge in [0.2, 0.25) is 5.91 Å². The molecule has 0 saturated carbocycles. The number of carbonyl (C=O) groups is 1. The van der Waals surface area contributed by atoms with Crippen LogP contribution in [-0.2, 0) is 14.3 Å². The second-order valence-electron chi connectivity index (χ2n) is 4.44. The number of hydrogen-bond donors (Lipinski definition) is 0. The Morgan fingerprint density at radius 1 is 1.43 bits per heavy atom. The van der Waals surface area contributed by atoms with Gasteiger partial charge in [0.1, 0.15) is 5.60 Å². The summed E-state index contributed by atoms with van der Waals surface area (Å²) in [7, 11) is 0. The average Bonchev–Trinajstić information content (AvgIpc) is 2.14. The third-order valence-corrected chi connectivity index (χ3v) is 2.78. The molecule has 4 nitrogen and oxygen atoms in total. The molecule has 80 valence electrons. The van der Waals surface area contributed by atoms with Gasteiger partial charge in [-0.05, 0) is 0 Å². The van der Waals surface area contributed by atoms with Gasteiger partial charge < -0.3 is 14.4 Å². The van der Waals surface area contributed by atoms with E-state index in [1.54, 1.807) is 0 Å². The Kier molecular flexibility index (Phi) is 2.49. The molecule has 0 aromatic rings. The third kappa shape index (κ3) is 1.64. The van der Waals surface area contributed by atoms with Crippen LogP contribution in [0.15, 0.2) is 0 Å². The number of rotatable bonds is 1. The highest BCUT2D eigenvalue weighted by Gasteiger charge is 2.44. The van der Waals surface area contributed by atoms with Crippen LogP contribution in [0.3, 0.4) is 0 Å². The van der Waals surface area contributed by atoms with Crippen molar-refractivity contribution in [1.29, 1.82) is 0 Å². The highest BCUT2D eigenvalue weighted by Crippen LogP contribution is 2.26. The normalized spacial score (nSPS) is 25.2. The van der Waals surface area contributed by atoms with E-state index in [0.717, 1.165) is 6.54 Å². The van der Waals surface area contributed by atoms with Crippen LogP contribution in [0.25, 0.3) is 0 Å². The van der Waals surface area contributed by atoms with E-state index in [0.29, 0.717) is 26.4 Å². The molecule has 0 atom stereocenters. The lowest BCUT2D eigenvalue weighted by Gasteiger charge is -2.47. The number of carbonyl (C=O) groups excluding carboxylic acids is 1. The van der Waals surface area contributed by atoms with Gasteiger partial charge in [-0.25, -0.2) is 0 Å². The molecule has 14 heavy (non-hydrogen) atoms. The number of nitrogens with zero attached hydrogens (tertiary/aromatic N) is 1.